The number of fused-ring (bicyclic) bond motifs is 1. The standard InChI is InChI=1S/C21H20N2O2/c24-14-13-23(16-17-5-4-12-22-15-17)21(25)11-10-19-8-3-7-18-6-1-2-9-20(18)19/h1-12,15,24H,13-14,16H2/b11-10+. The van der Waals surface area contributed by atoms with Crippen LogP contribution in [0, 0.1) is 0 Å². The van der Waals surface area contributed by atoms with Crippen LogP contribution in [0.15, 0.2) is 73.1 Å². The molecule has 0 saturated carbocycles. The number of aromatic nitrogens is 1. The lowest BCUT2D eigenvalue weighted by Crippen LogP contribution is -2.31. The highest BCUT2D eigenvalue weighted by molar-refractivity contribution is 5.96. The van der Waals surface area contributed by atoms with E-state index in [2.05, 4.69) is 17.1 Å². The molecule has 0 bridgehead atoms. The summed E-state index contributed by atoms with van der Waals surface area (Å²) in [5.74, 6) is -0.133. The average Bonchev–Trinajstić information content (AvgIpc) is 2.66. The van der Waals surface area contributed by atoms with E-state index in [0.29, 0.717) is 6.54 Å². The van der Waals surface area contributed by atoms with E-state index in [9.17, 15) is 9.90 Å². The van der Waals surface area contributed by atoms with E-state index < -0.39 is 0 Å². The summed E-state index contributed by atoms with van der Waals surface area (Å²) in [5, 5.41) is 11.5. The van der Waals surface area contributed by atoms with Gasteiger partial charge in [-0.25, -0.2) is 0 Å². The van der Waals surface area contributed by atoms with Crippen molar-refractivity contribution in [2.75, 3.05) is 13.2 Å². The van der Waals surface area contributed by atoms with Crippen LogP contribution in [0.2, 0.25) is 0 Å². The van der Waals surface area contributed by atoms with Crippen LogP contribution in [0.5, 0.6) is 0 Å². The molecule has 0 aliphatic carbocycles. The molecule has 0 spiro atoms. The Balaban J connectivity index is 1.79. The molecule has 4 nitrogen and oxygen atoms in total. The van der Waals surface area contributed by atoms with Gasteiger partial charge in [0.1, 0.15) is 0 Å². The van der Waals surface area contributed by atoms with Crippen LogP contribution in [-0.4, -0.2) is 34.0 Å². The first-order valence-corrected chi connectivity index (χ1v) is 8.22. The zero-order chi connectivity index (χ0) is 17.5. The van der Waals surface area contributed by atoms with Gasteiger partial charge in [0, 0.05) is 31.6 Å². The molecule has 0 atom stereocenters. The number of amides is 1. The van der Waals surface area contributed by atoms with Crippen molar-refractivity contribution >= 4 is 22.8 Å². The maximum absolute atomic E-state index is 12.6. The van der Waals surface area contributed by atoms with Gasteiger partial charge in [-0.2, -0.15) is 0 Å². The molecule has 0 saturated heterocycles. The molecule has 0 radical (unpaired) electrons. The lowest BCUT2D eigenvalue weighted by Gasteiger charge is -2.20. The fraction of sp³-hybridized carbons (Fsp3) is 0.143. The fourth-order valence-electron chi connectivity index (χ4n) is 2.76. The number of hydrogen-bond acceptors (Lipinski definition) is 3. The Morgan fingerprint density at radius 1 is 1.08 bits per heavy atom. The third-order valence-electron chi connectivity index (χ3n) is 4.01. The molecule has 2 aromatic carbocycles. The van der Waals surface area contributed by atoms with Gasteiger partial charge in [0.05, 0.1) is 6.61 Å². The summed E-state index contributed by atoms with van der Waals surface area (Å²) in [4.78, 5) is 18.2. The molecule has 3 rings (SSSR count). The Morgan fingerprint density at radius 3 is 2.72 bits per heavy atom. The van der Waals surface area contributed by atoms with Gasteiger partial charge in [0.15, 0.2) is 0 Å². The molecule has 0 aliphatic rings. The zero-order valence-corrected chi connectivity index (χ0v) is 13.9. The van der Waals surface area contributed by atoms with Gasteiger partial charge in [-0.05, 0) is 34.0 Å². The van der Waals surface area contributed by atoms with Gasteiger partial charge >= 0.3 is 0 Å². The summed E-state index contributed by atoms with van der Waals surface area (Å²) in [6.07, 6.45) is 6.82. The Labute approximate surface area is 147 Å². The quantitative estimate of drug-likeness (QED) is 0.705. The molecule has 4 heteroatoms. The lowest BCUT2D eigenvalue weighted by atomic mass is 10.0. The van der Waals surface area contributed by atoms with Crippen LogP contribution in [0.4, 0.5) is 0 Å². The second-order valence-electron chi connectivity index (χ2n) is 5.75. The van der Waals surface area contributed by atoms with Crippen molar-refractivity contribution in [1.29, 1.82) is 0 Å². The molecule has 1 aromatic heterocycles. The van der Waals surface area contributed by atoms with Crippen LogP contribution in [0.3, 0.4) is 0 Å². The zero-order valence-electron chi connectivity index (χ0n) is 13.9. The number of pyridine rings is 1. The highest BCUT2D eigenvalue weighted by atomic mass is 16.3. The summed E-state index contributed by atoms with van der Waals surface area (Å²) in [6, 6.07) is 17.9. The van der Waals surface area contributed by atoms with Gasteiger partial charge in [0.25, 0.3) is 0 Å². The van der Waals surface area contributed by atoms with Crippen LogP contribution in [0.25, 0.3) is 16.8 Å². The summed E-state index contributed by atoms with van der Waals surface area (Å²) in [7, 11) is 0. The van der Waals surface area contributed by atoms with E-state index in [1.165, 1.54) is 0 Å². The number of carbonyl (C=O) groups is 1. The van der Waals surface area contributed by atoms with Crippen molar-refractivity contribution in [2.45, 2.75) is 6.54 Å². The largest absolute Gasteiger partial charge is 0.395 e. The number of aliphatic hydroxyl groups excluding tert-OH is 1. The first-order chi connectivity index (χ1) is 12.3. The number of carbonyl (C=O) groups excluding carboxylic acids is 1. The monoisotopic (exact) mass is 332 g/mol. The van der Waals surface area contributed by atoms with Crippen molar-refractivity contribution < 1.29 is 9.90 Å². The van der Waals surface area contributed by atoms with Crippen LogP contribution < -0.4 is 0 Å². The minimum atomic E-state index is -0.133. The van der Waals surface area contributed by atoms with Gasteiger partial charge in [-0.15, -0.1) is 0 Å². The number of nitrogens with zero attached hydrogens (tertiary/aromatic N) is 2. The van der Waals surface area contributed by atoms with Crippen molar-refractivity contribution in [1.82, 2.24) is 9.88 Å². The van der Waals surface area contributed by atoms with E-state index in [0.717, 1.165) is 21.9 Å². The molecule has 126 valence electrons. The predicted octanol–water partition coefficient (Wildman–Crippen LogP) is 3.27. The molecule has 3 aromatic rings. The Morgan fingerprint density at radius 2 is 1.92 bits per heavy atom. The lowest BCUT2D eigenvalue weighted by molar-refractivity contribution is -0.127. The van der Waals surface area contributed by atoms with Crippen LogP contribution in [-0.2, 0) is 11.3 Å². The van der Waals surface area contributed by atoms with Gasteiger partial charge in [0.2, 0.25) is 5.91 Å². The fourth-order valence-corrected chi connectivity index (χ4v) is 2.76. The highest BCUT2D eigenvalue weighted by Crippen LogP contribution is 2.19. The maximum Gasteiger partial charge on any atom is 0.246 e. The average molecular weight is 332 g/mol. The van der Waals surface area contributed by atoms with E-state index >= 15 is 0 Å². The van der Waals surface area contributed by atoms with E-state index in [4.69, 9.17) is 0 Å². The van der Waals surface area contributed by atoms with Crippen LogP contribution in [0.1, 0.15) is 11.1 Å². The first-order valence-electron chi connectivity index (χ1n) is 8.22. The molecular weight excluding hydrogens is 312 g/mol. The highest BCUT2D eigenvalue weighted by Gasteiger charge is 2.11. The summed E-state index contributed by atoms with van der Waals surface area (Å²) < 4.78 is 0. The maximum atomic E-state index is 12.6. The SMILES string of the molecule is O=C(/C=C/c1cccc2ccccc12)N(CCO)Cc1cccnc1. The van der Waals surface area contributed by atoms with Crippen molar-refractivity contribution in [3.05, 3.63) is 84.2 Å². The minimum absolute atomic E-state index is 0.0753. The second kappa shape index (κ2) is 8.22. The summed E-state index contributed by atoms with van der Waals surface area (Å²) in [6.45, 7) is 0.634. The Kier molecular flexibility index (Phi) is 5.54. The van der Waals surface area contributed by atoms with E-state index in [1.807, 2.05) is 48.5 Å². The van der Waals surface area contributed by atoms with Gasteiger partial charge in [-0.3, -0.25) is 9.78 Å². The summed E-state index contributed by atoms with van der Waals surface area (Å²) in [5.41, 5.74) is 1.93. The Hall–Kier alpha value is -2.98. The molecule has 0 unspecified atom stereocenters. The topological polar surface area (TPSA) is 53.4 Å². The number of aliphatic hydroxyl groups is 1. The van der Waals surface area contributed by atoms with E-state index in [1.54, 1.807) is 23.4 Å². The van der Waals surface area contributed by atoms with Gasteiger partial charge in [-0.1, -0.05) is 48.5 Å². The molecular formula is C21H20N2O2. The Bertz CT molecular complexity index is 870. The van der Waals surface area contributed by atoms with Gasteiger partial charge < -0.3 is 10.0 Å². The molecule has 1 heterocycles. The third-order valence-corrected chi connectivity index (χ3v) is 4.01. The predicted molar refractivity (Wildman–Crippen MR) is 99.7 cm³/mol. The second-order valence-corrected chi connectivity index (χ2v) is 5.75. The number of hydrogen-bond donors (Lipinski definition) is 1. The molecule has 1 amide bonds. The number of benzene rings is 2. The third kappa shape index (κ3) is 4.31. The van der Waals surface area contributed by atoms with E-state index in [-0.39, 0.29) is 19.1 Å². The molecule has 1 N–H and O–H groups in total. The van der Waals surface area contributed by atoms with Crippen molar-refractivity contribution in [3.63, 3.8) is 0 Å². The summed E-state index contributed by atoms with van der Waals surface area (Å²) >= 11 is 0. The van der Waals surface area contributed by atoms with Crippen molar-refractivity contribution in [2.24, 2.45) is 0 Å². The first kappa shape index (κ1) is 16.9. The molecule has 0 aliphatic heterocycles. The smallest absolute Gasteiger partial charge is 0.246 e. The molecule has 0 fully saturated rings. The minimum Gasteiger partial charge on any atom is -0.395 e. The number of rotatable bonds is 6. The van der Waals surface area contributed by atoms with Crippen molar-refractivity contribution in [3.8, 4) is 0 Å². The normalized spacial score (nSPS) is 11.1. The van der Waals surface area contributed by atoms with Crippen LogP contribution >= 0.6 is 0 Å². The molecule has 25 heavy (non-hydrogen) atoms.